The molecule has 1 rings (SSSR count). The second-order valence-corrected chi connectivity index (χ2v) is 7.30. The molecule has 0 amide bonds. The fraction of sp³-hybridized carbons (Fsp3) is 0.696. The van der Waals surface area contributed by atoms with Gasteiger partial charge in [0.05, 0.1) is 0 Å². The number of benzene rings is 1. The van der Waals surface area contributed by atoms with E-state index in [1.54, 1.807) is 6.07 Å². The van der Waals surface area contributed by atoms with E-state index in [4.69, 9.17) is 9.84 Å². The molecule has 0 saturated carbocycles. The molecule has 0 spiro atoms. The van der Waals surface area contributed by atoms with E-state index < -0.39 is 6.16 Å². The molecule has 0 bridgehead atoms. The summed E-state index contributed by atoms with van der Waals surface area (Å²) >= 11 is 0. The average molecular weight is 363 g/mol. The topological polar surface area (TPSA) is 46.5 Å². The maximum Gasteiger partial charge on any atom is 0.511 e. The van der Waals surface area contributed by atoms with Crippen molar-refractivity contribution in [2.75, 3.05) is 0 Å². The number of hydrogen-bond donors (Lipinski definition) is 1. The van der Waals surface area contributed by atoms with Crippen molar-refractivity contribution in [3.05, 3.63) is 29.3 Å². The lowest BCUT2D eigenvalue weighted by Gasteiger charge is -2.14. The van der Waals surface area contributed by atoms with E-state index in [2.05, 4.69) is 19.9 Å². The molecule has 3 heteroatoms. The molecule has 0 aliphatic carbocycles. The van der Waals surface area contributed by atoms with E-state index in [0.29, 0.717) is 5.75 Å². The molecule has 148 valence electrons. The molecule has 0 heterocycles. The van der Waals surface area contributed by atoms with E-state index in [9.17, 15) is 4.79 Å². The number of aryl methyl sites for hydroxylation is 1. The normalized spacial score (nSPS) is 10.8. The third-order valence-corrected chi connectivity index (χ3v) is 5.01. The van der Waals surface area contributed by atoms with Crippen molar-refractivity contribution in [1.29, 1.82) is 0 Å². The van der Waals surface area contributed by atoms with E-state index in [1.165, 1.54) is 76.2 Å². The molecule has 0 radical (unpaired) electrons. The van der Waals surface area contributed by atoms with Crippen LogP contribution in [0.15, 0.2) is 18.2 Å². The van der Waals surface area contributed by atoms with Gasteiger partial charge in [-0.25, -0.2) is 4.79 Å². The molecule has 1 aromatic rings. The van der Waals surface area contributed by atoms with Gasteiger partial charge in [0.2, 0.25) is 0 Å². The number of carbonyl (C=O) groups is 1. The van der Waals surface area contributed by atoms with Crippen LogP contribution in [0, 0.1) is 0 Å². The molecule has 0 aliphatic heterocycles. The lowest BCUT2D eigenvalue weighted by Crippen LogP contribution is -2.07. The predicted octanol–water partition coefficient (Wildman–Crippen LogP) is 7.55. The van der Waals surface area contributed by atoms with Crippen molar-refractivity contribution in [1.82, 2.24) is 0 Å². The second kappa shape index (κ2) is 14.6. The summed E-state index contributed by atoms with van der Waals surface area (Å²) in [7, 11) is 0. The van der Waals surface area contributed by atoms with Crippen LogP contribution in [-0.2, 0) is 12.8 Å². The largest absolute Gasteiger partial charge is 0.511 e. The zero-order chi connectivity index (χ0) is 19.0. The van der Waals surface area contributed by atoms with Gasteiger partial charge in [0.15, 0.2) is 0 Å². The molecule has 26 heavy (non-hydrogen) atoms. The summed E-state index contributed by atoms with van der Waals surface area (Å²) in [6, 6.07) is 5.87. The van der Waals surface area contributed by atoms with Crippen LogP contribution >= 0.6 is 0 Å². The highest BCUT2D eigenvalue weighted by Gasteiger charge is 2.12. The predicted molar refractivity (Wildman–Crippen MR) is 109 cm³/mol. The van der Waals surface area contributed by atoms with E-state index in [0.717, 1.165) is 24.8 Å². The number of ether oxygens (including phenoxy) is 1. The monoisotopic (exact) mass is 362 g/mol. The van der Waals surface area contributed by atoms with Crippen molar-refractivity contribution in [3.8, 4) is 5.75 Å². The quantitative estimate of drug-likeness (QED) is 0.199. The average Bonchev–Trinajstić information content (AvgIpc) is 2.62. The van der Waals surface area contributed by atoms with E-state index >= 15 is 0 Å². The van der Waals surface area contributed by atoms with Crippen molar-refractivity contribution in [2.45, 2.75) is 104 Å². The molecule has 0 fully saturated rings. The first-order valence-corrected chi connectivity index (χ1v) is 10.7. The summed E-state index contributed by atoms with van der Waals surface area (Å²) in [5.41, 5.74) is 2.38. The van der Waals surface area contributed by atoms with Crippen LogP contribution in [0.2, 0.25) is 0 Å². The highest BCUT2D eigenvalue weighted by molar-refractivity contribution is 5.62. The lowest BCUT2D eigenvalue weighted by atomic mass is 9.95. The Kier molecular flexibility index (Phi) is 12.7. The summed E-state index contributed by atoms with van der Waals surface area (Å²) in [6.45, 7) is 4.47. The molecule has 0 unspecified atom stereocenters. The standard InChI is InChI=1S/C23H38O3/c1-3-5-7-9-10-12-14-18-21-20(16-13-11-8-6-4-2)17-15-19-22(21)26-23(24)25/h15,17,19H,3-14,16,18H2,1-2H3,(H,24,25). The summed E-state index contributed by atoms with van der Waals surface area (Å²) in [5.74, 6) is 0.537. The van der Waals surface area contributed by atoms with Crippen molar-refractivity contribution < 1.29 is 14.6 Å². The van der Waals surface area contributed by atoms with Crippen molar-refractivity contribution >= 4 is 6.16 Å². The molecule has 0 atom stereocenters. The van der Waals surface area contributed by atoms with Gasteiger partial charge in [0, 0.05) is 0 Å². The van der Waals surface area contributed by atoms with Gasteiger partial charge in [-0.1, -0.05) is 90.2 Å². The number of carboxylic acid groups (broad SMARTS) is 1. The second-order valence-electron chi connectivity index (χ2n) is 7.30. The molecule has 1 N–H and O–H groups in total. The lowest BCUT2D eigenvalue weighted by molar-refractivity contribution is 0.144. The van der Waals surface area contributed by atoms with Crippen LogP contribution in [0.5, 0.6) is 5.75 Å². The van der Waals surface area contributed by atoms with Crippen molar-refractivity contribution in [3.63, 3.8) is 0 Å². The first-order chi connectivity index (χ1) is 12.7. The van der Waals surface area contributed by atoms with Crippen LogP contribution < -0.4 is 4.74 Å². The van der Waals surface area contributed by atoms with Crippen LogP contribution in [0.3, 0.4) is 0 Å². The molecular weight excluding hydrogens is 324 g/mol. The number of rotatable bonds is 15. The van der Waals surface area contributed by atoms with Gasteiger partial charge in [-0.15, -0.1) is 0 Å². The maximum atomic E-state index is 11.0. The van der Waals surface area contributed by atoms with Gasteiger partial charge < -0.3 is 9.84 Å². The Labute approximate surface area is 160 Å². The van der Waals surface area contributed by atoms with Crippen LogP contribution in [0.25, 0.3) is 0 Å². The van der Waals surface area contributed by atoms with Gasteiger partial charge in [-0.3, -0.25) is 0 Å². The molecule has 1 aromatic carbocycles. The Balaban J connectivity index is 2.57. The summed E-state index contributed by atoms with van der Waals surface area (Å²) < 4.78 is 5.06. The Morgan fingerprint density at radius 3 is 1.92 bits per heavy atom. The molecule has 0 saturated heterocycles. The molecular formula is C23H38O3. The van der Waals surface area contributed by atoms with E-state index in [-0.39, 0.29) is 0 Å². The van der Waals surface area contributed by atoms with Crippen molar-refractivity contribution in [2.24, 2.45) is 0 Å². The highest BCUT2D eigenvalue weighted by Crippen LogP contribution is 2.27. The first kappa shape index (κ1) is 22.5. The Morgan fingerprint density at radius 1 is 0.808 bits per heavy atom. The van der Waals surface area contributed by atoms with Gasteiger partial charge in [-0.2, -0.15) is 0 Å². The van der Waals surface area contributed by atoms with Crippen LogP contribution in [0.1, 0.15) is 102 Å². The minimum Gasteiger partial charge on any atom is -0.449 e. The van der Waals surface area contributed by atoms with Crippen LogP contribution in [0.4, 0.5) is 4.79 Å². The van der Waals surface area contributed by atoms with E-state index in [1.807, 2.05) is 6.07 Å². The third kappa shape index (κ3) is 9.84. The Hall–Kier alpha value is -1.51. The molecule has 3 nitrogen and oxygen atoms in total. The Bertz CT molecular complexity index is 496. The summed E-state index contributed by atoms with van der Waals surface area (Å²) in [6.07, 6.45) is 15.8. The SMILES string of the molecule is CCCCCCCCCc1c(CCCCCCC)cccc1OC(=O)O. The highest BCUT2D eigenvalue weighted by atomic mass is 16.7. The third-order valence-electron chi connectivity index (χ3n) is 5.01. The van der Waals surface area contributed by atoms with Gasteiger partial charge >= 0.3 is 6.16 Å². The fourth-order valence-electron chi connectivity index (χ4n) is 3.50. The Morgan fingerprint density at radius 2 is 1.35 bits per heavy atom. The number of unbranched alkanes of at least 4 members (excludes halogenated alkanes) is 10. The van der Waals surface area contributed by atoms with Gasteiger partial charge in [-0.05, 0) is 42.9 Å². The fourth-order valence-corrected chi connectivity index (χ4v) is 3.50. The number of hydrogen-bond acceptors (Lipinski definition) is 2. The minimum atomic E-state index is -1.22. The zero-order valence-electron chi connectivity index (χ0n) is 16.9. The minimum absolute atomic E-state index is 0.537. The smallest absolute Gasteiger partial charge is 0.449 e. The molecule has 0 aromatic heterocycles. The zero-order valence-corrected chi connectivity index (χ0v) is 16.9. The maximum absolute atomic E-state index is 11.0. The van der Waals surface area contributed by atoms with Crippen LogP contribution in [-0.4, -0.2) is 11.3 Å². The van der Waals surface area contributed by atoms with Gasteiger partial charge in [0.1, 0.15) is 5.75 Å². The van der Waals surface area contributed by atoms with Gasteiger partial charge in [0.25, 0.3) is 0 Å². The first-order valence-electron chi connectivity index (χ1n) is 10.7. The summed E-state index contributed by atoms with van der Waals surface area (Å²) in [4.78, 5) is 11.0. The summed E-state index contributed by atoms with van der Waals surface area (Å²) in [5, 5.41) is 9.03. The molecule has 0 aliphatic rings.